The molecule has 0 bridgehead atoms. The lowest BCUT2D eigenvalue weighted by Gasteiger charge is -2.31. The van der Waals surface area contributed by atoms with Crippen molar-refractivity contribution in [3.05, 3.63) is 10.1 Å². The van der Waals surface area contributed by atoms with Crippen LogP contribution in [0.1, 0.15) is 33.6 Å². The fraction of sp³-hybridized carbons (Fsp3) is 0.769. The predicted octanol–water partition coefficient (Wildman–Crippen LogP) is -0.928. The monoisotopic (exact) mass is 363 g/mol. The Bertz CT molecular complexity index is 527. The third-order valence-electron chi connectivity index (χ3n) is 2.80. The number of carbonyl (C=O) groups is 2. The number of carbonyl (C=O) groups excluding carboxylic acids is 2. The molecule has 0 aliphatic heterocycles. The zero-order chi connectivity index (χ0) is 19.8. The molecule has 0 aliphatic carbocycles. The van der Waals surface area contributed by atoms with E-state index in [-0.39, 0.29) is 12.8 Å². The normalized spacial score (nSPS) is 14.6. The standard InChI is InChI=1S/C13H25N5O7/c1-12(2,3)25-11(20)16-8(6-5-7-18(22)23)13(21,9(19)24-4)17-10(14)15/h8,21H,5-7H2,1-4H3,(H,16,20)(H4,14,15,17)/t8-,13?/m0/s1. The van der Waals surface area contributed by atoms with E-state index in [0.29, 0.717) is 0 Å². The van der Waals surface area contributed by atoms with Crippen molar-refractivity contribution in [2.45, 2.75) is 51.0 Å². The summed E-state index contributed by atoms with van der Waals surface area (Å²) >= 11 is 0. The van der Waals surface area contributed by atoms with Gasteiger partial charge in [0.1, 0.15) is 5.60 Å². The van der Waals surface area contributed by atoms with E-state index in [1.165, 1.54) is 0 Å². The average molecular weight is 363 g/mol. The van der Waals surface area contributed by atoms with E-state index in [9.17, 15) is 24.8 Å². The molecule has 25 heavy (non-hydrogen) atoms. The number of rotatable bonds is 8. The van der Waals surface area contributed by atoms with Crippen molar-refractivity contribution in [1.82, 2.24) is 5.32 Å². The van der Waals surface area contributed by atoms with Crippen molar-refractivity contribution in [1.29, 1.82) is 0 Å². The van der Waals surface area contributed by atoms with Crippen molar-refractivity contribution >= 4 is 18.0 Å². The molecule has 12 heteroatoms. The Morgan fingerprint density at radius 1 is 1.36 bits per heavy atom. The number of nitro groups is 1. The van der Waals surface area contributed by atoms with E-state index in [1.54, 1.807) is 20.8 Å². The van der Waals surface area contributed by atoms with E-state index in [4.69, 9.17) is 16.2 Å². The minimum atomic E-state index is -2.67. The number of aliphatic imine (C=N–C) groups is 1. The Hall–Kier alpha value is -2.63. The maximum absolute atomic E-state index is 12.0. The van der Waals surface area contributed by atoms with Crippen molar-refractivity contribution in [3.63, 3.8) is 0 Å². The van der Waals surface area contributed by atoms with Crippen molar-refractivity contribution in [3.8, 4) is 0 Å². The second kappa shape index (κ2) is 9.01. The van der Waals surface area contributed by atoms with Crippen LogP contribution in [0.25, 0.3) is 0 Å². The van der Waals surface area contributed by atoms with Crippen LogP contribution in [0.15, 0.2) is 4.99 Å². The van der Waals surface area contributed by atoms with Gasteiger partial charge in [-0.05, 0) is 27.2 Å². The molecule has 0 aromatic heterocycles. The lowest BCUT2D eigenvalue weighted by Crippen LogP contribution is -2.58. The van der Waals surface area contributed by atoms with Crippen molar-refractivity contribution in [2.24, 2.45) is 16.5 Å². The molecule has 0 fully saturated rings. The molecule has 0 saturated heterocycles. The molecule has 0 spiro atoms. The van der Waals surface area contributed by atoms with E-state index < -0.39 is 46.9 Å². The first-order valence-electron chi connectivity index (χ1n) is 7.34. The van der Waals surface area contributed by atoms with Crippen LogP contribution in [-0.4, -0.2) is 59.1 Å². The Labute approximate surface area is 144 Å². The second-order valence-electron chi connectivity index (χ2n) is 6.15. The van der Waals surface area contributed by atoms with Gasteiger partial charge in [0.15, 0.2) is 5.96 Å². The Morgan fingerprint density at radius 2 is 1.92 bits per heavy atom. The van der Waals surface area contributed by atoms with Gasteiger partial charge in [-0.15, -0.1) is 0 Å². The first-order valence-corrected chi connectivity index (χ1v) is 7.34. The summed E-state index contributed by atoms with van der Waals surface area (Å²) in [5.41, 5.74) is 6.93. The first-order chi connectivity index (χ1) is 11.3. The van der Waals surface area contributed by atoms with Gasteiger partial charge in [0.2, 0.25) is 6.54 Å². The number of nitrogens with one attached hydrogen (secondary N) is 1. The summed E-state index contributed by atoms with van der Waals surface area (Å²) in [5, 5.41) is 23.3. The summed E-state index contributed by atoms with van der Waals surface area (Å²) in [6, 6.07) is -1.42. The second-order valence-corrected chi connectivity index (χ2v) is 6.15. The smallest absolute Gasteiger partial charge is 0.408 e. The number of hydrogen-bond acceptors (Lipinski definition) is 8. The highest BCUT2D eigenvalue weighted by molar-refractivity contribution is 5.86. The number of nitrogens with zero attached hydrogens (tertiary/aromatic N) is 2. The lowest BCUT2D eigenvalue weighted by atomic mass is 9.99. The highest BCUT2D eigenvalue weighted by Gasteiger charge is 2.47. The summed E-state index contributed by atoms with van der Waals surface area (Å²) in [4.78, 5) is 37.3. The fourth-order valence-electron chi connectivity index (χ4n) is 1.86. The Balaban J connectivity index is 5.56. The third-order valence-corrected chi connectivity index (χ3v) is 2.80. The molecule has 144 valence electrons. The molecule has 6 N–H and O–H groups in total. The number of esters is 1. The molecule has 2 atom stereocenters. The summed E-state index contributed by atoms with van der Waals surface area (Å²) in [6.45, 7) is 4.37. The zero-order valence-electron chi connectivity index (χ0n) is 14.6. The van der Waals surface area contributed by atoms with Crippen LogP contribution in [0.4, 0.5) is 4.79 Å². The molecule has 0 radical (unpaired) electrons. The molecule has 0 rings (SSSR count). The highest BCUT2D eigenvalue weighted by atomic mass is 16.6. The fourth-order valence-corrected chi connectivity index (χ4v) is 1.86. The first kappa shape index (κ1) is 22.4. The largest absolute Gasteiger partial charge is 0.465 e. The third kappa shape index (κ3) is 8.15. The van der Waals surface area contributed by atoms with Crippen LogP contribution in [0.5, 0.6) is 0 Å². The van der Waals surface area contributed by atoms with E-state index in [2.05, 4.69) is 15.0 Å². The van der Waals surface area contributed by atoms with E-state index in [1.807, 2.05) is 0 Å². The van der Waals surface area contributed by atoms with Crippen LogP contribution in [0.3, 0.4) is 0 Å². The highest BCUT2D eigenvalue weighted by Crippen LogP contribution is 2.20. The maximum Gasteiger partial charge on any atom is 0.408 e. The van der Waals surface area contributed by atoms with Crippen molar-refractivity contribution in [2.75, 3.05) is 13.7 Å². The van der Waals surface area contributed by atoms with Gasteiger partial charge in [0.25, 0.3) is 5.72 Å². The number of guanidine groups is 1. The molecule has 1 unspecified atom stereocenters. The minimum Gasteiger partial charge on any atom is -0.465 e. The van der Waals surface area contributed by atoms with Gasteiger partial charge < -0.3 is 31.4 Å². The molecule has 1 amide bonds. The number of amides is 1. The van der Waals surface area contributed by atoms with Crippen LogP contribution >= 0.6 is 0 Å². The summed E-state index contributed by atoms with van der Waals surface area (Å²) in [6.07, 6.45) is -1.23. The number of methoxy groups -OCH3 is 1. The molecule has 0 aliphatic rings. The number of ether oxygens (including phenoxy) is 2. The van der Waals surface area contributed by atoms with Gasteiger partial charge in [-0.25, -0.2) is 14.6 Å². The molecule has 0 aromatic carbocycles. The topological polar surface area (TPSA) is 192 Å². The summed E-state index contributed by atoms with van der Waals surface area (Å²) in [7, 11) is 0.983. The van der Waals surface area contributed by atoms with Gasteiger partial charge in [0, 0.05) is 11.3 Å². The number of aliphatic hydroxyl groups is 1. The number of alkyl carbamates (subject to hydrolysis) is 1. The SMILES string of the molecule is COC(=O)C(O)(N=C(N)N)[C@H](CCC[N+](=O)[O-])NC(=O)OC(C)(C)C. The Kier molecular flexibility index (Phi) is 8.06. The predicted molar refractivity (Wildman–Crippen MR) is 87.0 cm³/mol. The van der Waals surface area contributed by atoms with Gasteiger partial charge in [-0.3, -0.25) is 10.1 Å². The molecule has 0 saturated carbocycles. The van der Waals surface area contributed by atoms with Gasteiger partial charge in [-0.1, -0.05) is 0 Å². The quantitative estimate of drug-likeness (QED) is 0.139. The molecular weight excluding hydrogens is 338 g/mol. The van der Waals surface area contributed by atoms with E-state index in [0.717, 1.165) is 7.11 Å². The number of nitrogens with two attached hydrogens (primary N) is 2. The van der Waals surface area contributed by atoms with E-state index >= 15 is 0 Å². The van der Waals surface area contributed by atoms with Crippen LogP contribution < -0.4 is 16.8 Å². The minimum absolute atomic E-state index is 0.0766. The average Bonchev–Trinajstić information content (AvgIpc) is 2.41. The molecule has 12 nitrogen and oxygen atoms in total. The molecular formula is C13H25N5O7. The molecule has 0 aromatic rings. The summed E-state index contributed by atoms with van der Waals surface area (Å²) < 4.78 is 9.53. The zero-order valence-corrected chi connectivity index (χ0v) is 14.6. The lowest BCUT2D eigenvalue weighted by molar-refractivity contribution is -0.480. The van der Waals surface area contributed by atoms with Crippen LogP contribution in [-0.2, 0) is 14.3 Å². The molecule has 0 heterocycles. The van der Waals surface area contributed by atoms with Gasteiger partial charge in [-0.2, -0.15) is 0 Å². The van der Waals surface area contributed by atoms with Gasteiger partial charge in [0.05, 0.1) is 13.2 Å². The number of hydrogen-bond donors (Lipinski definition) is 4. The Morgan fingerprint density at radius 3 is 2.32 bits per heavy atom. The van der Waals surface area contributed by atoms with Crippen molar-refractivity contribution < 1.29 is 29.1 Å². The van der Waals surface area contributed by atoms with Crippen LogP contribution in [0, 0.1) is 10.1 Å². The summed E-state index contributed by atoms with van der Waals surface area (Å²) in [5.74, 6) is -1.89. The maximum atomic E-state index is 12.0. The van der Waals surface area contributed by atoms with Crippen LogP contribution in [0.2, 0.25) is 0 Å². The van der Waals surface area contributed by atoms with Gasteiger partial charge >= 0.3 is 12.1 Å².